The van der Waals surface area contributed by atoms with Crippen molar-refractivity contribution in [3.05, 3.63) is 60.2 Å². The highest BCUT2D eigenvalue weighted by Gasteiger charge is 2.13. The molecule has 0 amide bonds. The van der Waals surface area contributed by atoms with Crippen LogP contribution in [0.1, 0.15) is 5.56 Å². The molecule has 0 aliphatic rings. The monoisotopic (exact) mass is 321 g/mol. The normalized spacial score (nSPS) is 11.0. The van der Waals surface area contributed by atoms with E-state index >= 15 is 0 Å². The van der Waals surface area contributed by atoms with Gasteiger partial charge in [-0.3, -0.25) is 0 Å². The van der Waals surface area contributed by atoms with Crippen molar-refractivity contribution in [2.24, 2.45) is 5.73 Å². The summed E-state index contributed by atoms with van der Waals surface area (Å²) in [6.07, 6.45) is 0. The summed E-state index contributed by atoms with van der Waals surface area (Å²) >= 11 is 4.72. The lowest BCUT2D eigenvalue weighted by Crippen LogP contribution is -2.23. The topological polar surface area (TPSA) is 84.2 Å². The maximum atomic E-state index is 12.2. The van der Waals surface area contributed by atoms with Crippen LogP contribution in [0.3, 0.4) is 0 Å². The summed E-state index contributed by atoms with van der Waals surface area (Å²) in [6.45, 7) is 0.246. The molecule has 7 heteroatoms. The lowest BCUT2D eigenvalue weighted by Gasteiger charge is -2.08. The summed E-state index contributed by atoms with van der Waals surface area (Å²) in [5.41, 5.74) is 6.89. The van der Waals surface area contributed by atoms with Crippen LogP contribution in [0.5, 0.6) is 0 Å². The van der Waals surface area contributed by atoms with E-state index in [0.717, 1.165) is 5.56 Å². The first-order chi connectivity index (χ1) is 9.97. The molecule has 5 nitrogen and oxygen atoms in total. The quantitative estimate of drug-likeness (QED) is 0.732. The van der Waals surface area contributed by atoms with E-state index in [1.54, 1.807) is 12.1 Å². The molecule has 0 fully saturated rings. The largest absolute Gasteiger partial charge is 0.376 e. The molecule has 0 unspecified atom stereocenters. The summed E-state index contributed by atoms with van der Waals surface area (Å²) in [4.78, 5) is 0.187. The zero-order chi connectivity index (χ0) is 15.3. The molecule has 0 aliphatic heterocycles. The minimum absolute atomic E-state index is 0.132. The standard InChI is InChI=1S/C14H15N3O2S2/c15-14(20)17-12-6-8-13(9-7-12)21(18,19)16-10-11-4-2-1-3-5-11/h1-9,16H,10H2,(H3,15,17,20). The summed E-state index contributed by atoms with van der Waals surface area (Å²) in [7, 11) is -3.55. The number of rotatable bonds is 5. The number of benzene rings is 2. The van der Waals surface area contributed by atoms with E-state index in [1.165, 1.54) is 12.1 Å². The van der Waals surface area contributed by atoms with Crippen LogP contribution in [0.4, 0.5) is 5.69 Å². The van der Waals surface area contributed by atoms with Gasteiger partial charge in [-0.2, -0.15) is 0 Å². The minimum Gasteiger partial charge on any atom is -0.376 e. The van der Waals surface area contributed by atoms with Gasteiger partial charge in [0.15, 0.2) is 5.11 Å². The Kier molecular flexibility index (Phi) is 4.89. The average Bonchev–Trinajstić information content (AvgIpc) is 2.46. The predicted molar refractivity (Wildman–Crippen MR) is 87.3 cm³/mol. The Morgan fingerprint density at radius 3 is 2.24 bits per heavy atom. The van der Waals surface area contributed by atoms with Gasteiger partial charge in [0, 0.05) is 12.2 Å². The lowest BCUT2D eigenvalue weighted by molar-refractivity contribution is 0.581. The number of nitrogens with two attached hydrogens (primary N) is 1. The number of hydrogen-bond acceptors (Lipinski definition) is 3. The van der Waals surface area contributed by atoms with E-state index in [0.29, 0.717) is 5.69 Å². The number of thiocarbonyl (C=S) groups is 1. The molecule has 2 rings (SSSR count). The molecule has 0 aromatic heterocycles. The fraction of sp³-hybridized carbons (Fsp3) is 0.0714. The van der Waals surface area contributed by atoms with Crippen molar-refractivity contribution in [2.45, 2.75) is 11.4 Å². The van der Waals surface area contributed by atoms with Crippen LogP contribution in [0, 0.1) is 0 Å². The van der Waals surface area contributed by atoms with Gasteiger partial charge in [-0.15, -0.1) is 0 Å². The molecule has 0 radical (unpaired) electrons. The molecule has 0 aliphatic carbocycles. The molecule has 110 valence electrons. The fourth-order valence-electron chi connectivity index (χ4n) is 1.72. The van der Waals surface area contributed by atoms with Crippen molar-refractivity contribution in [3.8, 4) is 0 Å². The highest BCUT2D eigenvalue weighted by atomic mass is 32.2. The van der Waals surface area contributed by atoms with E-state index < -0.39 is 10.0 Å². The van der Waals surface area contributed by atoms with E-state index in [4.69, 9.17) is 18.0 Å². The first-order valence-corrected chi connectivity index (χ1v) is 8.06. The van der Waals surface area contributed by atoms with Gasteiger partial charge in [0.05, 0.1) is 4.90 Å². The molecule has 4 N–H and O–H groups in total. The zero-order valence-electron chi connectivity index (χ0n) is 11.1. The highest BCUT2D eigenvalue weighted by molar-refractivity contribution is 7.89. The summed E-state index contributed by atoms with van der Waals surface area (Å²) < 4.78 is 26.9. The van der Waals surface area contributed by atoms with Crippen LogP contribution in [0.15, 0.2) is 59.5 Å². The first kappa shape index (κ1) is 15.4. The second-order valence-corrected chi connectivity index (χ2v) is 6.53. The number of hydrogen-bond donors (Lipinski definition) is 3. The van der Waals surface area contributed by atoms with Crippen LogP contribution in [0.2, 0.25) is 0 Å². The van der Waals surface area contributed by atoms with Gasteiger partial charge in [0.2, 0.25) is 10.0 Å². The molecular formula is C14H15N3O2S2. The minimum atomic E-state index is -3.55. The predicted octanol–water partition coefficient (Wildman–Crippen LogP) is 1.82. The van der Waals surface area contributed by atoms with Crippen molar-refractivity contribution < 1.29 is 8.42 Å². The van der Waals surface area contributed by atoms with Gasteiger partial charge in [-0.1, -0.05) is 30.3 Å². The molecule has 0 bridgehead atoms. The van der Waals surface area contributed by atoms with Crippen LogP contribution in [-0.4, -0.2) is 13.5 Å². The van der Waals surface area contributed by atoms with Crippen LogP contribution >= 0.6 is 12.2 Å². The van der Waals surface area contributed by atoms with Crippen LogP contribution in [0.25, 0.3) is 0 Å². The Morgan fingerprint density at radius 2 is 1.67 bits per heavy atom. The lowest BCUT2D eigenvalue weighted by atomic mass is 10.2. The Labute approximate surface area is 129 Å². The van der Waals surface area contributed by atoms with Gasteiger partial charge >= 0.3 is 0 Å². The van der Waals surface area contributed by atoms with Crippen molar-refractivity contribution in [1.82, 2.24) is 4.72 Å². The highest BCUT2D eigenvalue weighted by Crippen LogP contribution is 2.14. The van der Waals surface area contributed by atoms with Crippen molar-refractivity contribution in [1.29, 1.82) is 0 Å². The van der Waals surface area contributed by atoms with Gasteiger partial charge < -0.3 is 11.1 Å². The molecule has 0 saturated carbocycles. The Balaban J connectivity index is 2.07. The summed E-state index contributed by atoms with van der Waals surface area (Å²) in [5.74, 6) is 0. The van der Waals surface area contributed by atoms with E-state index in [1.807, 2.05) is 30.3 Å². The molecule has 0 heterocycles. The third-order valence-corrected chi connectivity index (χ3v) is 4.26. The molecule has 2 aromatic carbocycles. The van der Waals surface area contributed by atoms with Crippen molar-refractivity contribution in [2.75, 3.05) is 5.32 Å². The molecule has 0 spiro atoms. The van der Waals surface area contributed by atoms with Gasteiger partial charge in [-0.25, -0.2) is 13.1 Å². The molecular weight excluding hydrogens is 306 g/mol. The van der Waals surface area contributed by atoms with Crippen LogP contribution < -0.4 is 15.8 Å². The zero-order valence-corrected chi connectivity index (χ0v) is 12.7. The van der Waals surface area contributed by atoms with E-state index in [9.17, 15) is 8.42 Å². The third kappa shape index (κ3) is 4.52. The molecule has 0 atom stereocenters. The van der Waals surface area contributed by atoms with Crippen molar-refractivity contribution in [3.63, 3.8) is 0 Å². The first-order valence-electron chi connectivity index (χ1n) is 6.17. The molecule has 2 aromatic rings. The Bertz CT molecular complexity index is 714. The van der Waals surface area contributed by atoms with E-state index in [2.05, 4.69) is 10.0 Å². The maximum absolute atomic E-state index is 12.2. The number of nitrogens with one attached hydrogen (secondary N) is 2. The Morgan fingerprint density at radius 1 is 1.05 bits per heavy atom. The van der Waals surface area contributed by atoms with Gasteiger partial charge in [-0.05, 0) is 42.0 Å². The van der Waals surface area contributed by atoms with E-state index in [-0.39, 0.29) is 16.6 Å². The third-order valence-electron chi connectivity index (χ3n) is 2.74. The van der Waals surface area contributed by atoms with Gasteiger partial charge in [0.25, 0.3) is 0 Å². The Hall–Kier alpha value is -1.96. The average molecular weight is 321 g/mol. The van der Waals surface area contributed by atoms with Crippen molar-refractivity contribution >= 4 is 33.0 Å². The maximum Gasteiger partial charge on any atom is 0.240 e. The van der Waals surface area contributed by atoms with Gasteiger partial charge in [0.1, 0.15) is 0 Å². The number of sulfonamides is 1. The number of anilines is 1. The second kappa shape index (κ2) is 6.66. The molecule has 21 heavy (non-hydrogen) atoms. The molecule has 0 saturated heterocycles. The summed E-state index contributed by atoms with van der Waals surface area (Å²) in [6, 6.07) is 15.5. The van der Waals surface area contributed by atoms with Crippen LogP contribution in [-0.2, 0) is 16.6 Å². The SMILES string of the molecule is NC(=S)Nc1ccc(S(=O)(=O)NCc2ccccc2)cc1. The second-order valence-electron chi connectivity index (χ2n) is 4.32. The fourth-order valence-corrected chi connectivity index (χ4v) is 2.85. The smallest absolute Gasteiger partial charge is 0.240 e. The summed E-state index contributed by atoms with van der Waals surface area (Å²) in [5, 5.41) is 2.87.